The molecule has 0 amide bonds. The normalized spacial score (nSPS) is 21.9. The van der Waals surface area contributed by atoms with Crippen molar-refractivity contribution in [1.29, 1.82) is 0 Å². The maximum atomic E-state index is 12.1. The number of benzene rings is 1. The largest absolute Gasteiger partial charge is 0.493 e. The van der Waals surface area contributed by atoms with Crippen molar-refractivity contribution in [2.75, 3.05) is 20.8 Å². The van der Waals surface area contributed by atoms with Crippen molar-refractivity contribution in [3.8, 4) is 11.5 Å². The first-order valence-corrected chi connectivity index (χ1v) is 6.18. The lowest BCUT2D eigenvalue weighted by Gasteiger charge is -2.24. The molecule has 1 heterocycles. The van der Waals surface area contributed by atoms with Crippen LogP contribution in [0.3, 0.4) is 0 Å². The van der Waals surface area contributed by atoms with Gasteiger partial charge in [0.1, 0.15) is 0 Å². The van der Waals surface area contributed by atoms with Gasteiger partial charge in [0.2, 0.25) is 0 Å². The summed E-state index contributed by atoms with van der Waals surface area (Å²) < 4.78 is 15.7. The number of cyclic esters (lactones) is 1. The van der Waals surface area contributed by atoms with Crippen molar-refractivity contribution in [1.82, 2.24) is 0 Å². The molecule has 1 fully saturated rings. The zero-order valence-corrected chi connectivity index (χ0v) is 11.3. The van der Waals surface area contributed by atoms with Crippen molar-refractivity contribution < 1.29 is 19.0 Å². The van der Waals surface area contributed by atoms with Crippen LogP contribution in [0.25, 0.3) is 0 Å². The fraction of sp³-hybridized carbons (Fsp3) is 0.400. The van der Waals surface area contributed by atoms with E-state index in [1.54, 1.807) is 20.3 Å². The van der Waals surface area contributed by atoms with Crippen LogP contribution in [0.4, 0.5) is 0 Å². The van der Waals surface area contributed by atoms with Gasteiger partial charge in [0.05, 0.1) is 26.2 Å². The molecule has 102 valence electrons. The Morgan fingerprint density at radius 1 is 1.37 bits per heavy atom. The molecule has 0 aliphatic carbocycles. The van der Waals surface area contributed by atoms with Gasteiger partial charge in [-0.3, -0.25) is 4.79 Å². The number of rotatable bonds is 5. The van der Waals surface area contributed by atoms with Crippen molar-refractivity contribution in [2.24, 2.45) is 0 Å². The first-order chi connectivity index (χ1) is 9.17. The third-order valence-electron chi connectivity index (χ3n) is 3.58. The van der Waals surface area contributed by atoms with Gasteiger partial charge in [-0.05, 0) is 24.1 Å². The highest BCUT2D eigenvalue weighted by molar-refractivity contribution is 5.85. The van der Waals surface area contributed by atoms with Gasteiger partial charge >= 0.3 is 5.97 Å². The molecule has 4 nitrogen and oxygen atoms in total. The van der Waals surface area contributed by atoms with Crippen molar-refractivity contribution >= 4 is 5.97 Å². The Bertz CT molecular complexity index is 495. The number of hydrogen-bond donors (Lipinski definition) is 0. The monoisotopic (exact) mass is 262 g/mol. The number of carbonyl (C=O) groups is 1. The molecule has 0 radical (unpaired) electrons. The Kier molecular flexibility index (Phi) is 3.79. The summed E-state index contributed by atoms with van der Waals surface area (Å²) in [6, 6.07) is 5.54. The van der Waals surface area contributed by atoms with Crippen LogP contribution < -0.4 is 9.47 Å². The quantitative estimate of drug-likeness (QED) is 0.604. The first-order valence-electron chi connectivity index (χ1n) is 6.18. The molecular formula is C15H18O4. The molecule has 0 bridgehead atoms. The van der Waals surface area contributed by atoms with E-state index < -0.39 is 5.41 Å². The predicted octanol–water partition coefficient (Wildman–Crippen LogP) is 2.46. The summed E-state index contributed by atoms with van der Waals surface area (Å²) in [6.07, 6.45) is 2.97. The Balaban J connectivity index is 2.48. The number of esters is 1. The Morgan fingerprint density at radius 3 is 2.63 bits per heavy atom. The molecule has 0 unspecified atom stereocenters. The molecule has 1 saturated heterocycles. The van der Waals surface area contributed by atoms with Gasteiger partial charge in [0.25, 0.3) is 0 Å². The Labute approximate surface area is 113 Å². The average Bonchev–Trinajstić information content (AvgIpc) is 2.80. The van der Waals surface area contributed by atoms with Crippen LogP contribution in [0, 0.1) is 0 Å². The summed E-state index contributed by atoms with van der Waals surface area (Å²) in [4.78, 5) is 12.1. The minimum Gasteiger partial charge on any atom is -0.493 e. The lowest BCUT2D eigenvalue weighted by Crippen LogP contribution is -2.30. The molecule has 0 spiro atoms. The van der Waals surface area contributed by atoms with Crippen LogP contribution in [-0.4, -0.2) is 26.8 Å². The second-order valence-corrected chi connectivity index (χ2v) is 4.53. The van der Waals surface area contributed by atoms with E-state index >= 15 is 0 Å². The molecule has 4 heteroatoms. The van der Waals surface area contributed by atoms with E-state index in [2.05, 4.69) is 6.58 Å². The van der Waals surface area contributed by atoms with E-state index in [1.807, 2.05) is 18.2 Å². The SMILES string of the molecule is C=CC[C@]1(c2ccc(OC)c(OC)c2)CCOC1=O. The molecule has 1 aromatic carbocycles. The standard InChI is InChI=1S/C15H18O4/c1-4-7-15(8-9-19-14(15)16)11-5-6-12(17-2)13(10-11)18-3/h4-6,10H,1,7-9H2,2-3H3/t15-/m1/s1. The summed E-state index contributed by atoms with van der Waals surface area (Å²) in [5.74, 6) is 1.06. The number of carbonyl (C=O) groups excluding carboxylic acids is 1. The highest BCUT2D eigenvalue weighted by atomic mass is 16.5. The fourth-order valence-electron chi connectivity index (χ4n) is 2.50. The molecule has 2 rings (SSSR count). The van der Waals surface area contributed by atoms with Gasteiger partial charge in [-0.2, -0.15) is 0 Å². The fourth-order valence-corrected chi connectivity index (χ4v) is 2.50. The van der Waals surface area contributed by atoms with Gasteiger partial charge < -0.3 is 14.2 Å². The van der Waals surface area contributed by atoms with Gasteiger partial charge in [-0.25, -0.2) is 0 Å². The maximum Gasteiger partial charge on any atom is 0.317 e. The summed E-state index contributed by atoms with van der Waals surface area (Å²) in [6.45, 7) is 4.19. The minimum atomic E-state index is -0.638. The molecule has 1 aliphatic rings. The predicted molar refractivity (Wildman–Crippen MR) is 71.6 cm³/mol. The van der Waals surface area contributed by atoms with Gasteiger partial charge in [0, 0.05) is 6.42 Å². The third kappa shape index (κ3) is 2.18. The van der Waals surface area contributed by atoms with Crippen LogP contribution in [0.15, 0.2) is 30.9 Å². The zero-order chi connectivity index (χ0) is 13.9. The zero-order valence-electron chi connectivity index (χ0n) is 11.3. The van der Waals surface area contributed by atoms with Crippen molar-refractivity contribution in [3.63, 3.8) is 0 Å². The van der Waals surface area contributed by atoms with E-state index in [-0.39, 0.29) is 5.97 Å². The summed E-state index contributed by atoms with van der Waals surface area (Å²) in [5.41, 5.74) is 0.244. The molecule has 0 saturated carbocycles. The lowest BCUT2D eigenvalue weighted by atomic mass is 9.76. The van der Waals surface area contributed by atoms with E-state index in [0.29, 0.717) is 30.9 Å². The van der Waals surface area contributed by atoms with Gasteiger partial charge in [0.15, 0.2) is 11.5 Å². The third-order valence-corrected chi connectivity index (χ3v) is 3.58. The van der Waals surface area contributed by atoms with Crippen LogP contribution >= 0.6 is 0 Å². The smallest absolute Gasteiger partial charge is 0.317 e. The van der Waals surface area contributed by atoms with Gasteiger partial charge in [-0.1, -0.05) is 12.1 Å². The lowest BCUT2D eigenvalue weighted by molar-refractivity contribution is -0.142. The summed E-state index contributed by atoms with van der Waals surface area (Å²) >= 11 is 0. The van der Waals surface area contributed by atoms with Crippen LogP contribution in [0.2, 0.25) is 0 Å². The highest BCUT2D eigenvalue weighted by Crippen LogP contribution is 2.41. The van der Waals surface area contributed by atoms with E-state index in [0.717, 1.165) is 5.56 Å². The first kappa shape index (κ1) is 13.5. The molecule has 1 atom stereocenters. The number of methoxy groups -OCH3 is 2. The van der Waals surface area contributed by atoms with Gasteiger partial charge in [-0.15, -0.1) is 6.58 Å². The maximum absolute atomic E-state index is 12.1. The summed E-state index contributed by atoms with van der Waals surface area (Å²) in [5, 5.41) is 0. The van der Waals surface area contributed by atoms with E-state index in [9.17, 15) is 4.79 Å². The molecule has 19 heavy (non-hydrogen) atoms. The molecule has 1 aromatic rings. The number of ether oxygens (including phenoxy) is 3. The van der Waals surface area contributed by atoms with Crippen LogP contribution in [0.1, 0.15) is 18.4 Å². The second-order valence-electron chi connectivity index (χ2n) is 4.53. The molecule has 0 aromatic heterocycles. The average molecular weight is 262 g/mol. The van der Waals surface area contributed by atoms with Crippen LogP contribution in [0.5, 0.6) is 11.5 Å². The Morgan fingerprint density at radius 2 is 2.11 bits per heavy atom. The topological polar surface area (TPSA) is 44.8 Å². The highest BCUT2D eigenvalue weighted by Gasteiger charge is 2.45. The van der Waals surface area contributed by atoms with Crippen LogP contribution in [-0.2, 0) is 14.9 Å². The second kappa shape index (κ2) is 5.34. The van der Waals surface area contributed by atoms with E-state index in [4.69, 9.17) is 14.2 Å². The van der Waals surface area contributed by atoms with Crippen molar-refractivity contribution in [2.45, 2.75) is 18.3 Å². The molecule has 0 N–H and O–H groups in total. The number of allylic oxidation sites excluding steroid dienone is 1. The molecule has 1 aliphatic heterocycles. The minimum absolute atomic E-state index is 0.195. The molecular weight excluding hydrogens is 244 g/mol. The van der Waals surface area contributed by atoms with Crippen molar-refractivity contribution in [3.05, 3.63) is 36.4 Å². The van der Waals surface area contributed by atoms with E-state index in [1.165, 1.54) is 0 Å². The number of hydrogen-bond acceptors (Lipinski definition) is 4. The Hall–Kier alpha value is -1.97. The summed E-state index contributed by atoms with van der Waals surface area (Å²) in [7, 11) is 3.16.